The Morgan fingerprint density at radius 1 is 1.14 bits per heavy atom. The standard InChI is InChI=1S/C21H17N3O4/c1-26-16-8-4-15(5-9-16)20-19(23-13-27-20)21(25)24-11-18(12-24)28-17-6-2-14(10-22)3-7-17/h2-9,13,18H,11-12H2,1H3. The van der Waals surface area contributed by atoms with E-state index in [1.165, 1.54) is 6.39 Å². The molecule has 0 N–H and O–H groups in total. The van der Waals surface area contributed by atoms with E-state index >= 15 is 0 Å². The Morgan fingerprint density at radius 3 is 2.46 bits per heavy atom. The number of ether oxygens (including phenoxy) is 2. The van der Waals surface area contributed by atoms with Crippen LogP contribution >= 0.6 is 0 Å². The van der Waals surface area contributed by atoms with Crippen LogP contribution in [0.3, 0.4) is 0 Å². The number of nitrogens with zero attached hydrogens (tertiary/aromatic N) is 3. The van der Waals surface area contributed by atoms with Crippen LogP contribution in [-0.4, -0.2) is 42.1 Å². The second-order valence-corrected chi connectivity index (χ2v) is 6.34. The second-order valence-electron chi connectivity index (χ2n) is 6.34. The summed E-state index contributed by atoms with van der Waals surface area (Å²) in [6.45, 7) is 0.932. The van der Waals surface area contributed by atoms with Crippen LogP contribution in [0.4, 0.5) is 0 Å². The van der Waals surface area contributed by atoms with Gasteiger partial charge in [-0.1, -0.05) is 0 Å². The maximum absolute atomic E-state index is 12.8. The van der Waals surface area contributed by atoms with Gasteiger partial charge < -0.3 is 18.8 Å². The molecule has 28 heavy (non-hydrogen) atoms. The number of benzene rings is 2. The van der Waals surface area contributed by atoms with E-state index in [1.807, 2.05) is 12.1 Å². The number of nitriles is 1. The lowest BCUT2D eigenvalue weighted by Crippen LogP contribution is -2.56. The number of rotatable bonds is 5. The van der Waals surface area contributed by atoms with Crippen molar-refractivity contribution in [3.05, 3.63) is 66.2 Å². The van der Waals surface area contributed by atoms with Crippen LogP contribution in [0.2, 0.25) is 0 Å². The van der Waals surface area contributed by atoms with Gasteiger partial charge in [0.1, 0.15) is 17.6 Å². The fraction of sp³-hybridized carbons (Fsp3) is 0.190. The highest BCUT2D eigenvalue weighted by Gasteiger charge is 2.35. The molecule has 0 unspecified atom stereocenters. The highest BCUT2D eigenvalue weighted by atomic mass is 16.5. The zero-order valence-electron chi connectivity index (χ0n) is 15.2. The maximum atomic E-state index is 12.8. The third-order valence-corrected chi connectivity index (χ3v) is 4.54. The summed E-state index contributed by atoms with van der Waals surface area (Å²) in [6, 6.07) is 16.2. The lowest BCUT2D eigenvalue weighted by molar-refractivity contribution is 0.0174. The molecule has 0 radical (unpaired) electrons. The van der Waals surface area contributed by atoms with Crippen LogP contribution in [0.1, 0.15) is 16.1 Å². The molecule has 7 nitrogen and oxygen atoms in total. The van der Waals surface area contributed by atoms with E-state index in [0.717, 1.165) is 11.3 Å². The number of hydrogen-bond acceptors (Lipinski definition) is 6. The monoisotopic (exact) mass is 375 g/mol. The van der Waals surface area contributed by atoms with Crippen molar-refractivity contribution < 1.29 is 18.7 Å². The van der Waals surface area contributed by atoms with Crippen LogP contribution in [0.5, 0.6) is 11.5 Å². The molecule has 0 bridgehead atoms. The van der Waals surface area contributed by atoms with E-state index in [-0.39, 0.29) is 17.7 Å². The highest BCUT2D eigenvalue weighted by Crippen LogP contribution is 2.28. The fourth-order valence-electron chi connectivity index (χ4n) is 2.97. The van der Waals surface area contributed by atoms with Gasteiger partial charge in [-0.2, -0.15) is 5.26 Å². The first kappa shape index (κ1) is 17.6. The van der Waals surface area contributed by atoms with Gasteiger partial charge in [-0.05, 0) is 48.5 Å². The average Bonchev–Trinajstić information content (AvgIpc) is 3.20. The van der Waals surface area contributed by atoms with Gasteiger partial charge in [0, 0.05) is 5.56 Å². The number of oxazole rings is 1. The van der Waals surface area contributed by atoms with Crippen molar-refractivity contribution in [2.45, 2.75) is 6.10 Å². The Balaban J connectivity index is 1.40. The Hall–Kier alpha value is -3.79. The van der Waals surface area contributed by atoms with Crippen molar-refractivity contribution in [1.82, 2.24) is 9.88 Å². The number of amides is 1. The molecule has 4 rings (SSSR count). The topological polar surface area (TPSA) is 88.6 Å². The summed E-state index contributed by atoms with van der Waals surface area (Å²) in [5.41, 5.74) is 1.62. The van der Waals surface area contributed by atoms with Gasteiger partial charge in [-0.25, -0.2) is 4.98 Å². The SMILES string of the molecule is COc1ccc(-c2ocnc2C(=O)N2CC(Oc3ccc(C#N)cc3)C2)cc1. The summed E-state index contributed by atoms with van der Waals surface area (Å²) < 4.78 is 16.4. The van der Waals surface area contributed by atoms with E-state index in [9.17, 15) is 4.79 Å². The van der Waals surface area contributed by atoms with Gasteiger partial charge in [-0.3, -0.25) is 4.79 Å². The van der Waals surface area contributed by atoms with Crippen molar-refractivity contribution in [1.29, 1.82) is 5.26 Å². The first-order valence-electron chi connectivity index (χ1n) is 8.72. The fourth-order valence-corrected chi connectivity index (χ4v) is 2.97. The molecule has 1 aliphatic heterocycles. The van der Waals surface area contributed by atoms with Crippen molar-refractivity contribution in [2.24, 2.45) is 0 Å². The van der Waals surface area contributed by atoms with E-state index in [2.05, 4.69) is 11.1 Å². The summed E-state index contributed by atoms with van der Waals surface area (Å²) >= 11 is 0. The van der Waals surface area contributed by atoms with Gasteiger partial charge in [-0.15, -0.1) is 0 Å². The molecule has 2 heterocycles. The molecule has 0 atom stereocenters. The van der Waals surface area contributed by atoms with Crippen LogP contribution in [0.15, 0.2) is 59.3 Å². The largest absolute Gasteiger partial charge is 0.497 e. The summed E-state index contributed by atoms with van der Waals surface area (Å²) in [4.78, 5) is 18.5. The quantitative estimate of drug-likeness (QED) is 0.681. The van der Waals surface area contributed by atoms with Crippen LogP contribution in [0, 0.1) is 11.3 Å². The van der Waals surface area contributed by atoms with Gasteiger partial charge >= 0.3 is 0 Å². The first-order chi connectivity index (χ1) is 13.7. The van der Waals surface area contributed by atoms with E-state index < -0.39 is 0 Å². The lowest BCUT2D eigenvalue weighted by atomic mass is 10.1. The lowest BCUT2D eigenvalue weighted by Gasteiger charge is -2.38. The average molecular weight is 375 g/mol. The van der Waals surface area contributed by atoms with Gasteiger partial charge in [0.2, 0.25) is 0 Å². The molecule has 3 aromatic rings. The van der Waals surface area contributed by atoms with Gasteiger partial charge in [0.25, 0.3) is 5.91 Å². The summed E-state index contributed by atoms with van der Waals surface area (Å²) in [7, 11) is 1.60. The number of carbonyl (C=O) groups is 1. The van der Waals surface area contributed by atoms with E-state index in [1.54, 1.807) is 48.4 Å². The minimum atomic E-state index is -0.195. The predicted molar refractivity (Wildman–Crippen MR) is 100.0 cm³/mol. The predicted octanol–water partition coefficient (Wildman–Crippen LogP) is 3.13. The molecule has 2 aromatic carbocycles. The summed E-state index contributed by atoms with van der Waals surface area (Å²) in [5, 5.41) is 8.83. The molecule has 140 valence electrons. The summed E-state index contributed by atoms with van der Waals surface area (Å²) in [5.74, 6) is 1.64. The molecular formula is C21H17N3O4. The molecular weight excluding hydrogens is 358 g/mol. The van der Waals surface area contributed by atoms with Crippen molar-refractivity contribution in [3.63, 3.8) is 0 Å². The van der Waals surface area contributed by atoms with Crippen molar-refractivity contribution in [2.75, 3.05) is 20.2 Å². The molecule has 1 fully saturated rings. The van der Waals surface area contributed by atoms with Crippen LogP contribution < -0.4 is 9.47 Å². The molecule has 7 heteroatoms. The Bertz CT molecular complexity index is 1010. The molecule has 0 aliphatic carbocycles. The van der Waals surface area contributed by atoms with E-state index in [0.29, 0.717) is 30.2 Å². The zero-order valence-corrected chi connectivity index (χ0v) is 15.2. The minimum Gasteiger partial charge on any atom is -0.497 e. The van der Waals surface area contributed by atoms with Crippen molar-refractivity contribution >= 4 is 5.91 Å². The number of carbonyl (C=O) groups excluding carboxylic acids is 1. The van der Waals surface area contributed by atoms with Gasteiger partial charge in [0.05, 0.1) is 31.8 Å². The molecule has 1 aromatic heterocycles. The molecule has 1 saturated heterocycles. The zero-order chi connectivity index (χ0) is 19.5. The maximum Gasteiger partial charge on any atom is 0.276 e. The molecule has 0 saturated carbocycles. The number of aromatic nitrogens is 1. The van der Waals surface area contributed by atoms with Crippen molar-refractivity contribution in [3.8, 4) is 28.9 Å². The number of hydrogen-bond donors (Lipinski definition) is 0. The summed E-state index contributed by atoms with van der Waals surface area (Å²) in [6.07, 6.45) is 1.19. The Kier molecular flexibility index (Phi) is 4.68. The molecule has 0 spiro atoms. The first-order valence-corrected chi connectivity index (χ1v) is 8.72. The van der Waals surface area contributed by atoms with Crippen LogP contribution in [0.25, 0.3) is 11.3 Å². The molecule has 1 amide bonds. The highest BCUT2D eigenvalue weighted by molar-refractivity contribution is 5.98. The Labute approximate surface area is 161 Å². The third kappa shape index (κ3) is 3.40. The number of methoxy groups -OCH3 is 1. The number of likely N-dealkylation sites (tertiary alicyclic amines) is 1. The third-order valence-electron chi connectivity index (χ3n) is 4.54. The minimum absolute atomic E-state index is 0.0896. The van der Waals surface area contributed by atoms with Gasteiger partial charge in [0.15, 0.2) is 17.8 Å². The molecule has 1 aliphatic rings. The second kappa shape index (κ2) is 7.45. The van der Waals surface area contributed by atoms with E-state index in [4.69, 9.17) is 19.2 Å². The van der Waals surface area contributed by atoms with Crippen LogP contribution in [-0.2, 0) is 0 Å². The Morgan fingerprint density at radius 2 is 1.82 bits per heavy atom. The smallest absolute Gasteiger partial charge is 0.276 e. The normalized spacial score (nSPS) is 13.5.